The predicted octanol–water partition coefficient (Wildman–Crippen LogP) is 0.125. The van der Waals surface area contributed by atoms with Gasteiger partial charge in [-0.1, -0.05) is 0 Å². The molecule has 0 aromatic carbocycles. The highest BCUT2D eigenvalue weighted by Gasteiger charge is 2.13. The molecule has 4 N–H and O–H groups in total. The van der Waals surface area contributed by atoms with E-state index in [0.717, 1.165) is 10.7 Å². The van der Waals surface area contributed by atoms with Crippen LogP contribution in [0.4, 0.5) is 4.79 Å². The first kappa shape index (κ1) is 12.6. The van der Waals surface area contributed by atoms with E-state index in [1.807, 2.05) is 17.6 Å². The number of hydrogen-bond acceptors (Lipinski definition) is 5. The highest BCUT2D eigenvalue weighted by atomic mass is 32.1. The van der Waals surface area contributed by atoms with E-state index in [4.69, 9.17) is 5.73 Å². The van der Waals surface area contributed by atoms with E-state index in [1.54, 1.807) is 6.92 Å². The number of carbonyl (C=O) groups is 2. The molecule has 1 aromatic heterocycles. The molecule has 0 spiro atoms. The molecule has 0 fully saturated rings. The van der Waals surface area contributed by atoms with Crippen LogP contribution in [0, 0.1) is 6.92 Å². The maximum atomic E-state index is 11.3. The molecule has 1 heterocycles. The summed E-state index contributed by atoms with van der Waals surface area (Å²) in [6.07, 6.45) is 0. The van der Waals surface area contributed by atoms with Gasteiger partial charge in [0.1, 0.15) is 5.01 Å². The molecule has 0 aliphatic carbocycles. The zero-order valence-electron chi connectivity index (χ0n) is 9.11. The summed E-state index contributed by atoms with van der Waals surface area (Å²) < 4.78 is 0. The van der Waals surface area contributed by atoms with Gasteiger partial charge in [0.2, 0.25) is 5.91 Å². The fourth-order valence-corrected chi connectivity index (χ4v) is 1.77. The van der Waals surface area contributed by atoms with Crippen molar-refractivity contribution in [2.24, 2.45) is 5.73 Å². The largest absolute Gasteiger partial charge is 0.351 e. The van der Waals surface area contributed by atoms with Crippen molar-refractivity contribution in [2.45, 2.75) is 26.4 Å². The van der Waals surface area contributed by atoms with Gasteiger partial charge in [-0.3, -0.25) is 15.4 Å². The molecule has 1 unspecified atom stereocenters. The summed E-state index contributed by atoms with van der Waals surface area (Å²) in [6.45, 7) is 4.05. The third kappa shape index (κ3) is 3.95. The Bertz CT molecular complexity index is 391. The van der Waals surface area contributed by atoms with Crippen LogP contribution in [0.25, 0.3) is 0 Å². The Balaban J connectivity index is 2.37. The van der Waals surface area contributed by atoms with Crippen LogP contribution in [0.1, 0.15) is 17.6 Å². The van der Waals surface area contributed by atoms with Crippen molar-refractivity contribution in [3.8, 4) is 0 Å². The molecule has 0 saturated carbocycles. The van der Waals surface area contributed by atoms with Crippen LogP contribution >= 0.6 is 11.3 Å². The number of carbonyl (C=O) groups excluding carboxylic acids is 2. The third-order valence-corrected chi connectivity index (χ3v) is 2.83. The maximum Gasteiger partial charge on any atom is 0.318 e. The Hall–Kier alpha value is -1.47. The minimum absolute atomic E-state index is 0.444. The van der Waals surface area contributed by atoms with E-state index in [9.17, 15) is 9.59 Å². The molecule has 16 heavy (non-hydrogen) atoms. The fraction of sp³-hybridized carbons (Fsp3) is 0.444. The number of rotatable bonds is 4. The molecular weight excluding hydrogens is 228 g/mol. The maximum absolute atomic E-state index is 11.3. The predicted molar refractivity (Wildman–Crippen MR) is 60.9 cm³/mol. The number of nitrogens with zero attached hydrogens (tertiary/aromatic N) is 1. The molecular formula is C9H14N4O2S. The van der Waals surface area contributed by atoms with Gasteiger partial charge in [-0.2, -0.15) is 0 Å². The van der Waals surface area contributed by atoms with E-state index >= 15 is 0 Å². The lowest BCUT2D eigenvalue weighted by molar-refractivity contribution is -0.121. The van der Waals surface area contributed by atoms with Crippen LogP contribution in [0.3, 0.4) is 0 Å². The van der Waals surface area contributed by atoms with Gasteiger partial charge >= 0.3 is 6.03 Å². The number of primary amides is 1. The smallest absolute Gasteiger partial charge is 0.318 e. The van der Waals surface area contributed by atoms with E-state index in [1.165, 1.54) is 11.3 Å². The molecule has 0 bridgehead atoms. The van der Waals surface area contributed by atoms with E-state index in [0.29, 0.717) is 6.54 Å². The van der Waals surface area contributed by atoms with Crippen LogP contribution in [0.15, 0.2) is 5.38 Å². The lowest BCUT2D eigenvalue weighted by Gasteiger charge is -2.10. The van der Waals surface area contributed by atoms with E-state index < -0.39 is 18.0 Å². The normalized spacial score (nSPS) is 12.1. The minimum atomic E-state index is -0.844. The number of imide groups is 1. The number of thiazole rings is 1. The van der Waals surface area contributed by atoms with Crippen molar-refractivity contribution >= 4 is 23.3 Å². The average Bonchev–Trinajstić information content (AvgIpc) is 2.59. The standard InChI is InChI=1S/C9H14N4O2S/c1-5-4-16-7(12-5)3-11-6(2)8(14)13-9(10)15/h4,6,11H,3H2,1-2H3,(H3,10,13,14,15). The van der Waals surface area contributed by atoms with Gasteiger partial charge in [-0.15, -0.1) is 11.3 Å². The molecule has 1 rings (SSSR count). The Labute approximate surface area is 97.2 Å². The van der Waals surface area contributed by atoms with Crippen molar-refractivity contribution in [3.63, 3.8) is 0 Å². The van der Waals surface area contributed by atoms with Crippen molar-refractivity contribution in [1.29, 1.82) is 0 Å². The topological polar surface area (TPSA) is 97.1 Å². The monoisotopic (exact) mass is 242 g/mol. The summed E-state index contributed by atoms with van der Waals surface area (Å²) in [6, 6.07) is -1.33. The first-order valence-electron chi connectivity index (χ1n) is 4.73. The first-order chi connectivity index (χ1) is 7.49. The Morgan fingerprint density at radius 3 is 2.81 bits per heavy atom. The van der Waals surface area contributed by atoms with Gasteiger partial charge in [-0.05, 0) is 13.8 Å². The second-order valence-electron chi connectivity index (χ2n) is 3.34. The van der Waals surface area contributed by atoms with Crippen LogP contribution < -0.4 is 16.4 Å². The van der Waals surface area contributed by atoms with Crippen LogP contribution in [0.5, 0.6) is 0 Å². The molecule has 0 radical (unpaired) electrons. The zero-order chi connectivity index (χ0) is 12.1. The first-order valence-corrected chi connectivity index (χ1v) is 5.61. The van der Waals surface area contributed by atoms with Gasteiger partial charge in [0.15, 0.2) is 0 Å². The number of nitrogens with one attached hydrogen (secondary N) is 2. The molecule has 0 saturated heterocycles. The number of aryl methyl sites for hydroxylation is 1. The number of nitrogens with two attached hydrogens (primary N) is 1. The summed E-state index contributed by atoms with van der Waals surface area (Å²) >= 11 is 1.52. The average molecular weight is 242 g/mol. The molecule has 7 heteroatoms. The Morgan fingerprint density at radius 1 is 1.62 bits per heavy atom. The van der Waals surface area contributed by atoms with Gasteiger partial charge in [0.05, 0.1) is 6.04 Å². The van der Waals surface area contributed by atoms with Crippen molar-refractivity contribution in [3.05, 3.63) is 16.1 Å². The summed E-state index contributed by atoms with van der Waals surface area (Å²) in [5, 5.41) is 7.78. The minimum Gasteiger partial charge on any atom is -0.351 e. The quantitative estimate of drug-likeness (QED) is 0.698. The van der Waals surface area contributed by atoms with Gasteiger partial charge in [-0.25, -0.2) is 9.78 Å². The lowest BCUT2D eigenvalue weighted by atomic mass is 10.3. The van der Waals surface area contributed by atoms with Crippen LogP contribution in [-0.2, 0) is 11.3 Å². The second kappa shape index (κ2) is 5.57. The van der Waals surface area contributed by atoms with E-state index in [-0.39, 0.29) is 0 Å². The number of aromatic nitrogens is 1. The number of amides is 3. The van der Waals surface area contributed by atoms with Gasteiger partial charge in [0.25, 0.3) is 0 Å². The molecule has 0 aliphatic rings. The third-order valence-electron chi connectivity index (χ3n) is 1.87. The lowest BCUT2D eigenvalue weighted by Crippen LogP contribution is -2.46. The van der Waals surface area contributed by atoms with Gasteiger partial charge in [0, 0.05) is 17.6 Å². The summed E-state index contributed by atoms with van der Waals surface area (Å²) in [5.74, 6) is -0.444. The molecule has 1 aromatic rings. The molecule has 3 amide bonds. The van der Waals surface area contributed by atoms with E-state index in [2.05, 4.69) is 10.3 Å². The highest BCUT2D eigenvalue weighted by Crippen LogP contribution is 2.07. The molecule has 88 valence electrons. The molecule has 0 aliphatic heterocycles. The van der Waals surface area contributed by atoms with Crippen LogP contribution in [0.2, 0.25) is 0 Å². The van der Waals surface area contributed by atoms with Crippen molar-refractivity contribution in [1.82, 2.24) is 15.6 Å². The van der Waals surface area contributed by atoms with Crippen LogP contribution in [-0.4, -0.2) is 23.0 Å². The SMILES string of the molecule is Cc1csc(CNC(C)C(=O)NC(N)=O)n1. The molecule has 1 atom stereocenters. The second-order valence-corrected chi connectivity index (χ2v) is 4.28. The zero-order valence-corrected chi connectivity index (χ0v) is 9.93. The Kier molecular flexibility index (Phi) is 4.39. The summed E-state index contributed by atoms with van der Waals surface area (Å²) in [7, 11) is 0. The number of urea groups is 1. The fourth-order valence-electron chi connectivity index (χ4n) is 1.05. The Morgan fingerprint density at radius 2 is 2.31 bits per heavy atom. The van der Waals surface area contributed by atoms with Crippen molar-refractivity contribution in [2.75, 3.05) is 0 Å². The molecule has 6 nitrogen and oxygen atoms in total. The van der Waals surface area contributed by atoms with Crippen molar-refractivity contribution < 1.29 is 9.59 Å². The van der Waals surface area contributed by atoms with Gasteiger partial charge < -0.3 is 5.73 Å². The summed E-state index contributed by atoms with van der Waals surface area (Å²) in [4.78, 5) is 26.0. The number of hydrogen-bond donors (Lipinski definition) is 3. The summed E-state index contributed by atoms with van der Waals surface area (Å²) in [5.41, 5.74) is 5.79. The highest BCUT2D eigenvalue weighted by molar-refractivity contribution is 7.09.